The van der Waals surface area contributed by atoms with E-state index in [9.17, 15) is 14.4 Å². The molecule has 1 N–H and O–H groups in total. The number of carbonyl (C=O) groups is 3. The van der Waals surface area contributed by atoms with E-state index < -0.39 is 5.97 Å². The van der Waals surface area contributed by atoms with Crippen molar-refractivity contribution in [2.75, 3.05) is 19.7 Å². The lowest BCUT2D eigenvalue weighted by Crippen LogP contribution is -2.43. The van der Waals surface area contributed by atoms with Gasteiger partial charge >= 0.3 is 11.9 Å². The monoisotopic (exact) mass is 309 g/mol. The van der Waals surface area contributed by atoms with Crippen LogP contribution in [0, 0.1) is 5.92 Å². The van der Waals surface area contributed by atoms with Crippen molar-refractivity contribution >= 4 is 17.8 Å². The molecule has 120 valence electrons. The minimum Gasteiger partial charge on any atom is -0.480 e. The van der Waals surface area contributed by atoms with E-state index in [1.165, 1.54) is 16.9 Å². The molecule has 1 amide bonds. The Kier molecular flexibility index (Phi) is 5.13. The molecule has 0 aliphatic carbocycles. The Morgan fingerprint density at radius 3 is 2.91 bits per heavy atom. The second-order valence-electron chi connectivity index (χ2n) is 5.13. The molecule has 2 heterocycles. The maximum atomic E-state index is 12.4. The Bertz CT molecular complexity index is 569. The fraction of sp³-hybridized carbons (Fsp3) is 0.571. The molecule has 0 saturated carbocycles. The molecule has 22 heavy (non-hydrogen) atoms. The second-order valence-corrected chi connectivity index (χ2v) is 5.13. The number of carboxylic acid groups (broad SMARTS) is 1. The highest BCUT2D eigenvalue weighted by molar-refractivity contribution is 5.92. The molecule has 0 aromatic carbocycles. The number of rotatable bonds is 5. The number of likely N-dealkylation sites (tertiary alicyclic amines) is 1. The molecular weight excluding hydrogens is 290 g/mol. The summed E-state index contributed by atoms with van der Waals surface area (Å²) in [6, 6.07) is 1.49. The zero-order chi connectivity index (χ0) is 16.1. The Labute approximate surface area is 127 Å². The first-order chi connectivity index (χ1) is 10.5. The number of amides is 1. The van der Waals surface area contributed by atoms with Crippen LogP contribution >= 0.6 is 0 Å². The molecule has 1 aliphatic rings. The van der Waals surface area contributed by atoms with Gasteiger partial charge in [0.05, 0.1) is 12.5 Å². The molecule has 2 rings (SSSR count). The van der Waals surface area contributed by atoms with Crippen LogP contribution in [0.3, 0.4) is 0 Å². The Hall–Kier alpha value is -2.38. The van der Waals surface area contributed by atoms with Gasteiger partial charge in [0, 0.05) is 19.3 Å². The highest BCUT2D eigenvalue weighted by Crippen LogP contribution is 2.19. The number of aliphatic carboxylic acids is 1. The minimum absolute atomic E-state index is 0.186. The number of hydrogen-bond donors (Lipinski definition) is 1. The highest BCUT2D eigenvalue weighted by atomic mass is 16.5. The normalized spacial score (nSPS) is 18.0. The van der Waals surface area contributed by atoms with E-state index in [0.29, 0.717) is 26.1 Å². The van der Waals surface area contributed by atoms with E-state index in [-0.39, 0.29) is 30.0 Å². The molecule has 1 aromatic heterocycles. The van der Waals surface area contributed by atoms with Crippen molar-refractivity contribution in [3.8, 4) is 0 Å². The number of carbonyl (C=O) groups excluding carboxylic acids is 2. The van der Waals surface area contributed by atoms with Gasteiger partial charge in [-0.2, -0.15) is 5.10 Å². The third kappa shape index (κ3) is 3.84. The van der Waals surface area contributed by atoms with Crippen LogP contribution in [0.2, 0.25) is 0 Å². The topological polar surface area (TPSA) is 102 Å². The SMILES string of the molecule is CCOC(=O)C1CCCN(C(=O)c2ccn(CC(=O)O)n2)C1. The van der Waals surface area contributed by atoms with Crippen LogP contribution in [-0.4, -0.2) is 57.3 Å². The fourth-order valence-corrected chi connectivity index (χ4v) is 2.48. The van der Waals surface area contributed by atoms with Gasteiger partial charge < -0.3 is 14.7 Å². The average molecular weight is 309 g/mol. The van der Waals surface area contributed by atoms with Crippen LogP contribution in [0.15, 0.2) is 12.3 Å². The summed E-state index contributed by atoms with van der Waals surface area (Å²) in [5, 5.41) is 12.7. The molecular formula is C14H19N3O5. The molecule has 1 unspecified atom stereocenters. The summed E-state index contributed by atoms with van der Waals surface area (Å²) in [6.07, 6.45) is 2.88. The van der Waals surface area contributed by atoms with Crippen LogP contribution in [0.5, 0.6) is 0 Å². The third-order valence-electron chi connectivity index (χ3n) is 3.49. The highest BCUT2D eigenvalue weighted by Gasteiger charge is 2.30. The van der Waals surface area contributed by atoms with Crippen molar-refractivity contribution < 1.29 is 24.2 Å². The lowest BCUT2D eigenvalue weighted by molar-refractivity contribution is -0.149. The first-order valence-corrected chi connectivity index (χ1v) is 7.22. The fourth-order valence-electron chi connectivity index (χ4n) is 2.48. The quantitative estimate of drug-likeness (QED) is 0.789. The summed E-state index contributed by atoms with van der Waals surface area (Å²) in [4.78, 5) is 36.3. The third-order valence-corrected chi connectivity index (χ3v) is 3.49. The van der Waals surface area contributed by atoms with Gasteiger partial charge in [0.15, 0.2) is 0 Å². The van der Waals surface area contributed by atoms with E-state index >= 15 is 0 Å². The summed E-state index contributed by atoms with van der Waals surface area (Å²) >= 11 is 0. The van der Waals surface area contributed by atoms with E-state index in [2.05, 4.69) is 5.10 Å². The van der Waals surface area contributed by atoms with Crippen molar-refractivity contribution in [1.82, 2.24) is 14.7 Å². The summed E-state index contributed by atoms with van der Waals surface area (Å²) in [6.45, 7) is 2.64. The van der Waals surface area contributed by atoms with Crippen molar-refractivity contribution in [2.45, 2.75) is 26.3 Å². The van der Waals surface area contributed by atoms with Gasteiger partial charge in [-0.1, -0.05) is 0 Å². The average Bonchev–Trinajstić information content (AvgIpc) is 2.94. The van der Waals surface area contributed by atoms with Gasteiger partial charge in [0.1, 0.15) is 12.2 Å². The predicted octanol–water partition coefficient (Wildman–Crippen LogP) is 0.383. The maximum Gasteiger partial charge on any atom is 0.325 e. The van der Waals surface area contributed by atoms with Crippen LogP contribution in [0.25, 0.3) is 0 Å². The van der Waals surface area contributed by atoms with Crippen molar-refractivity contribution in [1.29, 1.82) is 0 Å². The van der Waals surface area contributed by atoms with Crippen molar-refractivity contribution in [3.05, 3.63) is 18.0 Å². The van der Waals surface area contributed by atoms with Gasteiger partial charge in [-0.25, -0.2) is 0 Å². The van der Waals surface area contributed by atoms with Gasteiger partial charge in [-0.15, -0.1) is 0 Å². The van der Waals surface area contributed by atoms with Gasteiger partial charge in [-0.05, 0) is 25.8 Å². The largest absolute Gasteiger partial charge is 0.480 e. The lowest BCUT2D eigenvalue weighted by Gasteiger charge is -2.31. The summed E-state index contributed by atoms with van der Waals surface area (Å²) in [5.41, 5.74) is 0.186. The van der Waals surface area contributed by atoms with Crippen LogP contribution in [0.4, 0.5) is 0 Å². The number of aromatic nitrogens is 2. The molecule has 1 saturated heterocycles. The first kappa shape index (κ1) is 16.0. The molecule has 0 radical (unpaired) electrons. The van der Waals surface area contributed by atoms with Crippen LogP contribution < -0.4 is 0 Å². The van der Waals surface area contributed by atoms with Gasteiger partial charge in [0.25, 0.3) is 5.91 Å². The molecule has 8 nitrogen and oxygen atoms in total. The lowest BCUT2D eigenvalue weighted by atomic mass is 9.98. The smallest absolute Gasteiger partial charge is 0.325 e. The van der Waals surface area contributed by atoms with Crippen molar-refractivity contribution in [3.63, 3.8) is 0 Å². The van der Waals surface area contributed by atoms with E-state index in [1.54, 1.807) is 11.8 Å². The summed E-state index contributed by atoms with van der Waals surface area (Å²) in [7, 11) is 0. The number of nitrogens with zero attached hydrogens (tertiary/aromatic N) is 3. The molecule has 0 spiro atoms. The molecule has 1 fully saturated rings. The zero-order valence-electron chi connectivity index (χ0n) is 12.4. The second kappa shape index (κ2) is 7.06. The molecule has 1 aliphatic heterocycles. The number of ether oxygens (including phenoxy) is 1. The first-order valence-electron chi connectivity index (χ1n) is 7.22. The minimum atomic E-state index is -1.03. The van der Waals surface area contributed by atoms with E-state index in [0.717, 1.165) is 6.42 Å². The molecule has 8 heteroatoms. The standard InChI is InChI=1S/C14H19N3O5/c1-2-22-14(21)10-4-3-6-16(8-10)13(20)11-5-7-17(15-11)9-12(18)19/h5,7,10H,2-4,6,8-9H2,1H3,(H,18,19). The number of hydrogen-bond acceptors (Lipinski definition) is 5. The number of esters is 1. The summed E-state index contributed by atoms with van der Waals surface area (Å²) in [5.74, 6) is -1.91. The van der Waals surface area contributed by atoms with E-state index in [4.69, 9.17) is 9.84 Å². The van der Waals surface area contributed by atoms with Crippen LogP contribution in [-0.2, 0) is 20.9 Å². The maximum absolute atomic E-state index is 12.4. The summed E-state index contributed by atoms with van der Waals surface area (Å²) < 4.78 is 6.20. The van der Waals surface area contributed by atoms with Gasteiger partial charge in [0.2, 0.25) is 0 Å². The van der Waals surface area contributed by atoms with Crippen LogP contribution in [0.1, 0.15) is 30.3 Å². The van der Waals surface area contributed by atoms with Crippen molar-refractivity contribution in [2.24, 2.45) is 5.92 Å². The number of piperidine rings is 1. The van der Waals surface area contributed by atoms with Gasteiger partial charge in [-0.3, -0.25) is 19.1 Å². The molecule has 1 aromatic rings. The molecule has 1 atom stereocenters. The molecule has 0 bridgehead atoms. The Balaban J connectivity index is 2.01. The van der Waals surface area contributed by atoms with E-state index in [1.807, 2.05) is 0 Å². The Morgan fingerprint density at radius 2 is 2.23 bits per heavy atom. The zero-order valence-corrected chi connectivity index (χ0v) is 12.4. The predicted molar refractivity (Wildman–Crippen MR) is 75.1 cm³/mol. The number of carboxylic acids is 1. The Morgan fingerprint density at radius 1 is 1.45 bits per heavy atom.